The van der Waals surface area contributed by atoms with Crippen molar-refractivity contribution in [3.63, 3.8) is 0 Å². The molecule has 0 N–H and O–H groups in total. The van der Waals surface area contributed by atoms with E-state index < -0.39 is 0 Å². The number of benzene rings is 2. The molecule has 0 amide bonds. The van der Waals surface area contributed by atoms with Crippen LogP contribution < -0.4 is 0 Å². The Morgan fingerprint density at radius 2 is 1.62 bits per heavy atom. The average molecular weight is 358 g/mol. The number of aromatic nitrogens is 2. The van der Waals surface area contributed by atoms with Crippen molar-refractivity contribution in [2.24, 2.45) is 0 Å². The highest BCUT2D eigenvalue weighted by molar-refractivity contribution is 6.41. The van der Waals surface area contributed by atoms with Crippen LogP contribution in [0.2, 0.25) is 20.2 Å². The summed E-state index contributed by atoms with van der Waals surface area (Å²) < 4.78 is 0. The highest BCUT2D eigenvalue weighted by Crippen LogP contribution is 2.34. The van der Waals surface area contributed by atoms with Gasteiger partial charge in [-0.25, -0.2) is 9.97 Å². The van der Waals surface area contributed by atoms with Gasteiger partial charge in [0.25, 0.3) is 0 Å². The van der Waals surface area contributed by atoms with E-state index >= 15 is 0 Å². The molecule has 0 unspecified atom stereocenters. The van der Waals surface area contributed by atoms with Gasteiger partial charge in [0.1, 0.15) is 5.15 Å². The predicted octanol–water partition coefficient (Wildman–Crippen LogP) is 6.22. The van der Waals surface area contributed by atoms with Crippen LogP contribution >= 0.6 is 46.4 Å². The van der Waals surface area contributed by atoms with Crippen LogP contribution in [0.4, 0.5) is 0 Å². The van der Waals surface area contributed by atoms with Gasteiger partial charge in [-0.3, -0.25) is 0 Å². The lowest BCUT2D eigenvalue weighted by Crippen LogP contribution is -1.94. The van der Waals surface area contributed by atoms with E-state index in [2.05, 4.69) is 9.97 Å². The van der Waals surface area contributed by atoms with Crippen molar-refractivity contribution in [2.75, 3.05) is 0 Å². The highest BCUT2D eigenvalue weighted by atomic mass is 35.5. The molecule has 0 aliphatic carbocycles. The van der Waals surface area contributed by atoms with Gasteiger partial charge in [0.2, 0.25) is 0 Å². The zero-order valence-corrected chi connectivity index (χ0v) is 13.8. The monoisotopic (exact) mass is 356 g/mol. The van der Waals surface area contributed by atoms with Crippen LogP contribution in [0.15, 0.2) is 30.3 Å². The molecule has 0 aliphatic heterocycles. The number of hydrogen-bond acceptors (Lipinski definition) is 2. The molecule has 0 fully saturated rings. The normalized spacial score (nSPS) is 11.1. The second-order valence-electron chi connectivity index (χ2n) is 4.61. The second kappa shape index (κ2) is 5.62. The first-order chi connectivity index (χ1) is 9.95. The molecule has 1 aromatic heterocycles. The summed E-state index contributed by atoms with van der Waals surface area (Å²) in [6.45, 7) is 1.96. The summed E-state index contributed by atoms with van der Waals surface area (Å²) in [6.07, 6.45) is 0. The fourth-order valence-corrected chi connectivity index (χ4v) is 3.12. The third-order valence-corrected chi connectivity index (χ3v) is 4.14. The van der Waals surface area contributed by atoms with Crippen LogP contribution in [0.5, 0.6) is 0 Å². The molecule has 0 atom stereocenters. The first-order valence-electron chi connectivity index (χ1n) is 6.04. The highest BCUT2D eigenvalue weighted by Gasteiger charge is 2.13. The van der Waals surface area contributed by atoms with Crippen LogP contribution in [0.25, 0.3) is 22.3 Å². The second-order valence-corrected chi connectivity index (χ2v) is 6.21. The zero-order chi connectivity index (χ0) is 15.1. The molecule has 3 rings (SSSR count). The third kappa shape index (κ3) is 2.82. The van der Waals surface area contributed by atoms with Gasteiger partial charge in [0, 0.05) is 16.0 Å². The lowest BCUT2D eigenvalue weighted by Gasteiger charge is -2.08. The molecule has 3 aromatic rings. The molecule has 106 valence electrons. The van der Waals surface area contributed by atoms with E-state index in [9.17, 15) is 0 Å². The van der Waals surface area contributed by atoms with Gasteiger partial charge in [0.15, 0.2) is 5.82 Å². The van der Waals surface area contributed by atoms with E-state index in [0.717, 1.165) is 5.56 Å². The predicted molar refractivity (Wildman–Crippen MR) is 89.8 cm³/mol. The van der Waals surface area contributed by atoms with E-state index in [4.69, 9.17) is 46.4 Å². The maximum absolute atomic E-state index is 6.26. The molecule has 1 heterocycles. The Bertz CT molecular complexity index is 862. The Morgan fingerprint density at radius 3 is 2.33 bits per heavy atom. The Balaban J connectivity index is 2.30. The molecule has 21 heavy (non-hydrogen) atoms. The molecular formula is C15H8Cl4N2. The summed E-state index contributed by atoms with van der Waals surface area (Å²) in [4.78, 5) is 8.76. The van der Waals surface area contributed by atoms with Crippen LogP contribution in [-0.4, -0.2) is 9.97 Å². The van der Waals surface area contributed by atoms with Crippen molar-refractivity contribution in [1.29, 1.82) is 0 Å². The molecule has 0 spiro atoms. The Kier molecular flexibility index (Phi) is 3.98. The van der Waals surface area contributed by atoms with E-state index in [-0.39, 0.29) is 5.15 Å². The molecule has 2 nitrogen and oxygen atoms in total. The molecule has 2 aromatic carbocycles. The van der Waals surface area contributed by atoms with Crippen molar-refractivity contribution in [2.45, 2.75) is 6.92 Å². The van der Waals surface area contributed by atoms with Gasteiger partial charge in [0.05, 0.1) is 15.6 Å². The number of hydrogen-bond donors (Lipinski definition) is 0. The summed E-state index contributed by atoms with van der Waals surface area (Å²) in [6, 6.07) is 8.95. The van der Waals surface area contributed by atoms with Crippen molar-refractivity contribution >= 4 is 57.3 Å². The van der Waals surface area contributed by atoms with Gasteiger partial charge in [-0.05, 0) is 36.8 Å². The Labute approximate surface area is 141 Å². The Morgan fingerprint density at radius 1 is 0.857 bits per heavy atom. The van der Waals surface area contributed by atoms with Crippen molar-refractivity contribution < 1.29 is 0 Å². The minimum atomic E-state index is 0.288. The molecule has 0 radical (unpaired) electrons. The van der Waals surface area contributed by atoms with Gasteiger partial charge < -0.3 is 0 Å². The Hall–Kier alpha value is -1.06. The van der Waals surface area contributed by atoms with Crippen LogP contribution in [0.3, 0.4) is 0 Å². The van der Waals surface area contributed by atoms with E-state index in [1.807, 2.05) is 25.1 Å². The molecule has 6 heteroatoms. The maximum atomic E-state index is 6.26. The van der Waals surface area contributed by atoms with Crippen LogP contribution in [0.1, 0.15) is 5.56 Å². The molecular weight excluding hydrogens is 350 g/mol. The fourth-order valence-electron chi connectivity index (χ4n) is 2.04. The lowest BCUT2D eigenvalue weighted by atomic mass is 10.1. The molecule has 0 bridgehead atoms. The number of nitrogens with zero attached hydrogens (tertiary/aromatic N) is 2. The summed E-state index contributed by atoms with van der Waals surface area (Å²) in [5.74, 6) is 0.432. The van der Waals surface area contributed by atoms with E-state index in [0.29, 0.717) is 37.4 Å². The minimum Gasteiger partial charge on any atom is -0.226 e. The van der Waals surface area contributed by atoms with Gasteiger partial charge >= 0.3 is 0 Å². The SMILES string of the molecule is Cc1ccc(-c2nc(Cl)c3cc(Cl)cc(Cl)c3n2)c(Cl)c1. The number of rotatable bonds is 1. The van der Waals surface area contributed by atoms with Gasteiger partial charge in [-0.1, -0.05) is 52.5 Å². The largest absolute Gasteiger partial charge is 0.226 e. The van der Waals surface area contributed by atoms with Gasteiger partial charge in [-0.15, -0.1) is 0 Å². The summed E-state index contributed by atoms with van der Waals surface area (Å²) in [5, 5.41) is 2.37. The molecule has 0 aliphatic rings. The summed E-state index contributed by atoms with van der Waals surface area (Å²) in [7, 11) is 0. The summed E-state index contributed by atoms with van der Waals surface area (Å²) in [5.41, 5.74) is 2.31. The fraction of sp³-hybridized carbons (Fsp3) is 0.0667. The number of aryl methyl sites for hydroxylation is 1. The first-order valence-corrected chi connectivity index (χ1v) is 7.55. The number of fused-ring (bicyclic) bond motifs is 1. The molecule has 0 saturated carbocycles. The first kappa shape index (κ1) is 14.9. The third-order valence-electron chi connectivity index (χ3n) is 3.04. The van der Waals surface area contributed by atoms with Crippen LogP contribution in [-0.2, 0) is 0 Å². The van der Waals surface area contributed by atoms with Crippen LogP contribution in [0, 0.1) is 6.92 Å². The minimum absolute atomic E-state index is 0.288. The van der Waals surface area contributed by atoms with Crippen molar-refractivity contribution in [3.8, 4) is 11.4 Å². The van der Waals surface area contributed by atoms with E-state index in [1.165, 1.54) is 0 Å². The molecule has 0 saturated heterocycles. The standard InChI is InChI=1S/C15H8Cl4N2/c1-7-2-3-9(11(17)4-7)15-20-13-10(14(19)21-15)5-8(16)6-12(13)18/h2-6H,1H3. The zero-order valence-electron chi connectivity index (χ0n) is 10.8. The summed E-state index contributed by atoms with van der Waals surface area (Å²) >= 11 is 24.7. The quantitative estimate of drug-likeness (QED) is 0.483. The van der Waals surface area contributed by atoms with Crippen molar-refractivity contribution in [3.05, 3.63) is 56.1 Å². The number of halogens is 4. The smallest absolute Gasteiger partial charge is 0.163 e. The van der Waals surface area contributed by atoms with Crippen molar-refractivity contribution in [1.82, 2.24) is 9.97 Å². The van der Waals surface area contributed by atoms with E-state index in [1.54, 1.807) is 12.1 Å². The maximum Gasteiger partial charge on any atom is 0.163 e. The average Bonchev–Trinajstić information content (AvgIpc) is 2.40. The lowest BCUT2D eigenvalue weighted by molar-refractivity contribution is 1.22. The topological polar surface area (TPSA) is 25.8 Å². The van der Waals surface area contributed by atoms with Gasteiger partial charge in [-0.2, -0.15) is 0 Å².